The molecule has 3 saturated heterocycles. The van der Waals surface area contributed by atoms with Gasteiger partial charge in [0.05, 0.1) is 13.2 Å². The summed E-state index contributed by atoms with van der Waals surface area (Å²) in [5.74, 6) is 0.0411. The van der Waals surface area contributed by atoms with Crippen LogP contribution in [0.2, 0.25) is 0 Å². The van der Waals surface area contributed by atoms with Crippen molar-refractivity contribution in [1.29, 1.82) is 0 Å². The zero-order chi connectivity index (χ0) is 14.3. The van der Waals surface area contributed by atoms with Gasteiger partial charge in [-0.3, -0.25) is 4.79 Å². The summed E-state index contributed by atoms with van der Waals surface area (Å²) in [5.41, 5.74) is 0. The molecular weight excluding hydrogens is 282 g/mol. The largest absolute Gasteiger partial charge is 0.379 e. The number of hydrogen-bond donors (Lipinski definition) is 0. The number of rotatable bonds is 2. The molecule has 0 spiro atoms. The Balaban J connectivity index is 1.86. The van der Waals surface area contributed by atoms with E-state index >= 15 is 0 Å². The third kappa shape index (κ3) is 2.34. The van der Waals surface area contributed by atoms with Gasteiger partial charge in [-0.05, 0) is 12.8 Å². The van der Waals surface area contributed by atoms with Crippen LogP contribution in [0.4, 0.5) is 0 Å². The van der Waals surface area contributed by atoms with E-state index in [9.17, 15) is 13.2 Å². The number of hydrogen-bond acceptors (Lipinski definition) is 4. The molecule has 0 N–H and O–H groups in total. The number of carbonyl (C=O) groups is 1. The van der Waals surface area contributed by atoms with Gasteiger partial charge < -0.3 is 9.64 Å². The molecule has 114 valence electrons. The maximum atomic E-state index is 12.8. The molecule has 0 aromatic rings. The normalized spacial score (nSPS) is 33.5. The van der Waals surface area contributed by atoms with Crippen LogP contribution in [-0.4, -0.2) is 79.8 Å². The highest BCUT2D eigenvalue weighted by molar-refractivity contribution is 7.86. The average Bonchev–Trinajstić information content (AvgIpc) is 2.77. The van der Waals surface area contributed by atoms with Gasteiger partial charge in [0.25, 0.3) is 10.2 Å². The van der Waals surface area contributed by atoms with Gasteiger partial charge in [-0.25, -0.2) is 0 Å². The van der Waals surface area contributed by atoms with Crippen LogP contribution < -0.4 is 0 Å². The van der Waals surface area contributed by atoms with Crippen molar-refractivity contribution in [1.82, 2.24) is 13.5 Å². The van der Waals surface area contributed by atoms with E-state index in [1.165, 1.54) is 4.31 Å². The zero-order valence-corrected chi connectivity index (χ0v) is 12.5. The summed E-state index contributed by atoms with van der Waals surface area (Å²) < 4.78 is 34.0. The third-order valence-electron chi connectivity index (χ3n) is 4.44. The molecule has 0 saturated carbocycles. The van der Waals surface area contributed by atoms with Gasteiger partial charge >= 0.3 is 0 Å². The molecule has 0 aromatic heterocycles. The number of likely N-dealkylation sites (N-methyl/N-ethyl adjacent to an activating group) is 1. The number of carbonyl (C=O) groups excluding carboxylic acids is 1. The first-order valence-electron chi connectivity index (χ1n) is 7.10. The Hall–Kier alpha value is -0.700. The van der Waals surface area contributed by atoms with Crippen LogP contribution in [0.25, 0.3) is 0 Å². The van der Waals surface area contributed by atoms with Crippen LogP contribution in [0.3, 0.4) is 0 Å². The monoisotopic (exact) mass is 303 g/mol. The van der Waals surface area contributed by atoms with Crippen LogP contribution in [0, 0.1) is 0 Å². The molecule has 0 radical (unpaired) electrons. The van der Waals surface area contributed by atoms with Crippen LogP contribution in [-0.2, 0) is 19.7 Å². The minimum absolute atomic E-state index is 0.0411. The summed E-state index contributed by atoms with van der Waals surface area (Å²) in [6.07, 6.45) is 1.93. The Labute approximate surface area is 119 Å². The second kappa shape index (κ2) is 5.25. The quantitative estimate of drug-likeness (QED) is 0.673. The van der Waals surface area contributed by atoms with Crippen molar-refractivity contribution in [3.8, 4) is 0 Å². The van der Waals surface area contributed by atoms with Crippen molar-refractivity contribution in [2.45, 2.75) is 31.3 Å². The van der Waals surface area contributed by atoms with Crippen molar-refractivity contribution in [3.63, 3.8) is 0 Å². The lowest BCUT2D eigenvalue weighted by atomic mass is 10.1. The second-order valence-corrected chi connectivity index (χ2v) is 7.55. The molecule has 0 aliphatic carbocycles. The molecule has 20 heavy (non-hydrogen) atoms. The zero-order valence-electron chi connectivity index (χ0n) is 11.7. The van der Waals surface area contributed by atoms with E-state index < -0.39 is 10.2 Å². The lowest BCUT2D eigenvalue weighted by Crippen LogP contribution is -2.52. The Morgan fingerprint density at radius 2 is 1.80 bits per heavy atom. The minimum atomic E-state index is -3.48. The smallest absolute Gasteiger partial charge is 0.282 e. The first kappa shape index (κ1) is 14.2. The van der Waals surface area contributed by atoms with Crippen molar-refractivity contribution >= 4 is 16.1 Å². The van der Waals surface area contributed by atoms with Gasteiger partial charge in [-0.1, -0.05) is 0 Å². The summed E-state index contributed by atoms with van der Waals surface area (Å²) in [4.78, 5) is 13.6. The number of ether oxygens (including phenoxy) is 1. The molecule has 2 bridgehead atoms. The van der Waals surface area contributed by atoms with E-state index in [1.807, 2.05) is 0 Å². The fourth-order valence-corrected chi connectivity index (χ4v) is 5.35. The summed E-state index contributed by atoms with van der Waals surface area (Å²) in [6, 6.07) is -0.255. The van der Waals surface area contributed by atoms with E-state index in [0.717, 1.165) is 12.8 Å². The topological polar surface area (TPSA) is 70.2 Å². The predicted molar refractivity (Wildman–Crippen MR) is 72.2 cm³/mol. The molecule has 3 aliphatic heterocycles. The molecule has 0 aromatic carbocycles. The molecule has 7 nitrogen and oxygen atoms in total. The van der Waals surface area contributed by atoms with E-state index in [1.54, 1.807) is 16.3 Å². The number of amides is 1. The highest BCUT2D eigenvalue weighted by atomic mass is 32.2. The molecule has 2 atom stereocenters. The molecule has 3 heterocycles. The molecule has 3 fully saturated rings. The number of morpholine rings is 1. The summed E-state index contributed by atoms with van der Waals surface area (Å²) in [5, 5.41) is 0. The van der Waals surface area contributed by atoms with Crippen LogP contribution in [0.1, 0.15) is 19.3 Å². The Kier molecular flexibility index (Phi) is 3.74. The first-order chi connectivity index (χ1) is 9.50. The van der Waals surface area contributed by atoms with E-state index in [4.69, 9.17) is 4.74 Å². The standard InChI is InChI=1S/C12H21N3O4S/c1-13-9-11-3-2-10(8-12(13)16)15(11)20(17,18)14-4-6-19-7-5-14/h10-11H,2-9H2,1H3/t10-,11+/m1/s1. The Morgan fingerprint density at radius 1 is 1.15 bits per heavy atom. The van der Waals surface area contributed by atoms with Gasteiger partial charge in [0.2, 0.25) is 5.91 Å². The summed E-state index contributed by atoms with van der Waals surface area (Å²) in [6.45, 7) is 2.20. The van der Waals surface area contributed by atoms with E-state index in [-0.39, 0.29) is 18.0 Å². The van der Waals surface area contributed by atoms with Gasteiger partial charge in [-0.15, -0.1) is 0 Å². The highest BCUT2D eigenvalue weighted by Gasteiger charge is 2.47. The van der Waals surface area contributed by atoms with Gasteiger partial charge in [0.1, 0.15) is 0 Å². The summed E-state index contributed by atoms with van der Waals surface area (Å²) in [7, 11) is -1.73. The average molecular weight is 303 g/mol. The van der Waals surface area contributed by atoms with Crippen molar-refractivity contribution in [3.05, 3.63) is 0 Å². The number of nitrogens with zero attached hydrogens (tertiary/aromatic N) is 3. The highest BCUT2D eigenvalue weighted by Crippen LogP contribution is 2.34. The van der Waals surface area contributed by atoms with Gasteiger partial charge in [0.15, 0.2) is 0 Å². The minimum Gasteiger partial charge on any atom is -0.379 e. The summed E-state index contributed by atoms with van der Waals surface area (Å²) >= 11 is 0. The molecule has 1 amide bonds. The van der Waals surface area contributed by atoms with Crippen molar-refractivity contribution in [2.24, 2.45) is 0 Å². The SMILES string of the molecule is CN1C[C@@H]2CC[C@H](CC1=O)N2S(=O)(=O)N1CCOCC1. The lowest BCUT2D eigenvalue weighted by molar-refractivity contribution is -0.130. The van der Waals surface area contributed by atoms with Crippen LogP contribution >= 0.6 is 0 Å². The third-order valence-corrected chi connectivity index (χ3v) is 6.58. The van der Waals surface area contributed by atoms with Gasteiger partial charge in [-0.2, -0.15) is 17.0 Å². The van der Waals surface area contributed by atoms with Crippen LogP contribution in [0.15, 0.2) is 0 Å². The predicted octanol–water partition coefficient (Wildman–Crippen LogP) is -0.741. The molecule has 8 heteroatoms. The first-order valence-corrected chi connectivity index (χ1v) is 8.50. The van der Waals surface area contributed by atoms with E-state index in [0.29, 0.717) is 39.3 Å². The maximum absolute atomic E-state index is 12.8. The number of likely N-dealkylation sites (tertiary alicyclic amines) is 1. The molecule has 0 unspecified atom stereocenters. The maximum Gasteiger partial charge on any atom is 0.282 e. The van der Waals surface area contributed by atoms with Gasteiger partial charge in [0, 0.05) is 45.2 Å². The lowest BCUT2D eigenvalue weighted by Gasteiger charge is -2.34. The Morgan fingerprint density at radius 3 is 2.50 bits per heavy atom. The van der Waals surface area contributed by atoms with E-state index in [2.05, 4.69) is 0 Å². The Bertz CT molecular complexity index is 489. The van der Waals surface area contributed by atoms with Crippen molar-refractivity contribution in [2.75, 3.05) is 39.9 Å². The molecule has 3 aliphatic rings. The fraction of sp³-hybridized carbons (Fsp3) is 0.917. The van der Waals surface area contributed by atoms with Crippen LogP contribution in [0.5, 0.6) is 0 Å². The fourth-order valence-electron chi connectivity index (χ4n) is 3.36. The number of fused-ring (bicyclic) bond motifs is 2. The van der Waals surface area contributed by atoms with Crippen molar-refractivity contribution < 1.29 is 17.9 Å². The molecular formula is C12H21N3O4S. The second-order valence-electron chi connectivity index (χ2n) is 5.71. The molecule has 3 rings (SSSR count).